The molecule has 1 saturated heterocycles. The van der Waals surface area contributed by atoms with Crippen molar-refractivity contribution in [3.05, 3.63) is 0 Å². The molecule has 0 unspecified atom stereocenters. The van der Waals surface area contributed by atoms with Crippen LogP contribution in [0.2, 0.25) is 0 Å². The Labute approximate surface area is 83.4 Å². The molecular weight excluding hydrogens is 184 g/mol. The first-order valence-electron chi connectivity index (χ1n) is 4.58. The van der Waals surface area contributed by atoms with Crippen molar-refractivity contribution in [2.45, 2.75) is 25.9 Å². The smallest absolute Gasteiger partial charge is 0.324 e. The minimum absolute atomic E-state index is 0.165. The summed E-state index contributed by atoms with van der Waals surface area (Å²) in [5, 5.41) is 2.23. The van der Waals surface area contributed by atoms with E-state index < -0.39 is 0 Å². The Hall–Kier alpha value is -1.10. The molecule has 1 N–H and O–H groups in total. The van der Waals surface area contributed by atoms with Crippen molar-refractivity contribution in [1.29, 1.82) is 0 Å². The molecule has 14 heavy (non-hydrogen) atoms. The van der Waals surface area contributed by atoms with Crippen molar-refractivity contribution in [1.82, 2.24) is 10.2 Å². The average Bonchev–Trinajstić information content (AvgIpc) is 2.42. The minimum atomic E-state index is -0.304. The first-order valence-corrected chi connectivity index (χ1v) is 4.58. The number of hydrogen-bond donors (Lipinski definition) is 1. The zero-order valence-corrected chi connectivity index (χ0v) is 8.79. The first kappa shape index (κ1) is 11.0. The van der Waals surface area contributed by atoms with Gasteiger partial charge in [-0.05, 0) is 20.3 Å². The third kappa shape index (κ3) is 2.70. The summed E-state index contributed by atoms with van der Waals surface area (Å²) >= 11 is 0. The van der Waals surface area contributed by atoms with Crippen LogP contribution in [0, 0.1) is 0 Å². The summed E-state index contributed by atoms with van der Waals surface area (Å²) in [6.07, 6.45) is 0.712. The Morgan fingerprint density at radius 1 is 1.50 bits per heavy atom. The summed E-state index contributed by atoms with van der Waals surface area (Å²) in [5.74, 6) is -0.231. The van der Waals surface area contributed by atoms with Crippen molar-refractivity contribution in [2.75, 3.05) is 20.2 Å². The minimum Gasteiger partial charge on any atom is -0.379 e. The molecule has 0 aromatic rings. The van der Waals surface area contributed by atoms with Crippen molar-refractivity contribution >= 4 is 11.9 Å². The predicted octanol–water partition coefficient (Wildman–Crippen LogP) is 0.353. The lowest BCUT2D eigenvalue weighted by molar-refractivity contribution is -0.118. The normalized spacial score (nSPS) is 17.5. The number of ether oxygens (including phenoxy) is 1. The van der Waals surface area contributed by atoms with Gasteiger partial charge in [-0.2, -0.15) is 0 Å². The maximum atomic E-state index is 11.1. The quantitative estimate of drug-likeness (QED) is 0.666. The lowest BCUT2D eigenvalue weighted by Crippen LogP contribution is -2.34. The summed E-state index contributed by atoms with van der Waals surface area (Å²) < 4.78 is 5.22. The van der Waals surface area contributed by atoms with Crippen LogP contribution in [0.1, 0.15) is 20.3 Å². The summed E-state index contributed by atoms with van der Waals surface area (Å²) in [5.41, 5.74) is -0.258. The second-order valence-electron chi connectivity index (χ2n) is 3.99. The number of methoxy groups -OCH3 is 1. The van der Waals surface area contributed by atoms with Gasteiger partial charge in [0.15, 0.2) is 0 Å². The molecule has 5 nitrogen and oxygen atoms in total. The van der Waals surface area contributed by atoms with Gasteiger partial charge in [0, 0.05) is 13.7 Å². The fourth-order valence-electron chi connectivity index (χ4n) is 1.17. The topological polar surface area (TPSA) is 58.6 Å². The summed E-state index contributed by atoms with van der Waals surface area (Å²) in [6.45, 7) is 4.60. The molecule has 0 radical (unpaired) electrons. The highest BCUT2D eigenvalue weighted by Crippen LogP contribution is 2.14. The second kappa shape index (κ2) is 3.96. The van der Waals surface area contributed by atoms with Crippen molar-refractivity contribution < 1.29 is 14.3 Å². The molecule has 1 heterocycles. The molecular formula is C9H16N2O3. The molecule has 0 aromatic carbocycles. The average molecular weight is 200 g/mol. The van der Waals surface area contributed by atoms with Gasteiger partial charge in [-0.15, -0.1) is 0 Å². The van der Waals surface area contributed by atoms with E-state index in [2.05, 4.69) is 5.32 Å². The van der Waals surface area contributed by atoms with E-state index in [0.29, 0.717) is 13.0 Å². The number of urea groups is 1. The Balaban J connectivity index is 2.39. The van der Waals surface area contributed by atoms with Gasteiger partial charge in [-0.1, -0.05) is 0 Å². The molecule has 1 aliphatic rings. The van der Waals surface area contributed by atoms with Gasteiger partial charge in [-0.3, -0.25) is 10.1 Å². The van der Waals surface area contributed by atoms with E-state index in [1.807, 2.05) is 13.8 Å². The summed E-state index contributed by atoms with van der Waals surface area (Å²) in [6, 6.07) is -0.304. The highest BCUT2D eigenvalue weighted by Gasteiger charge is 2.28. The maximum absolute atomic E-state index is 11.1. The van der Waals surface area contributed by atoms with E-state index in [1.165, 1.54) is 4.90 Å². The van der Waals surface area contributed by atoms with Crippen LogP contribution in [0.15, 0.2) is 0 Å². The molecule has 0 atom stereocenters. The van der Waals surface area contributed by atoms with E-state index in [9.17, 15) is 9.59 Å². The molecule has 0 spiro atoms. The van der Waals surface area contributed by atoms with Gasteiger partial charge in [0.2, 0.25) is 5.91 Å². The highest BCUT2D eigenvalue weighted by molar-refractivity contribution is 6.01. The SMILES string of the molecule is COC(C)(C)CCN1CC(=O)NC1=O. The molecule has 1 fully saturated rings. The molecule has 5 heteroatoms. The number of imide groups is 1. The van der Waals surface area contributed by atoms with Crippen molar-refractivity contribution in [2.24, 2.45) is 0 Å². The molecule has 0 aliphatic carbocycles. The van der Waals surface area contributed by atoms with Gasteiger partial charge in [0.25, 0.3) is 0 Å². The number of carbonyl (C=O) groups excluding carboxylic acids is 2. The number of rotatable bonds is 4. The molecule has 0 saturated carbocycles. The van der Waals surface area contributed by atoms with Crippen LogP contribution < -0.4 is 5.32 Å². The lowest BCUT2D eigenvalue weighted by Gasteiger charge is -2.25. The zero-order valence-electron chi connectivity index (χ0n) is 8.79. The lowest BCUT2D eigenvalue weighted by atomic mass is 10.1. The third-order valence-corrected chi connectivity index (χ3v) is 2.40. The predicted molar refractivity (Wildman–Crippen MR) is 50.8 cm³/mol. The molecule has 80 valence electrons. The van der Waals surface area contributed by atoms with Gasteiger partial charge in [0.1, 0.15) is 6.54 Å². The standard InChI is InChI=1S/C9H16N2O3/c1-9(2,14-3)4-5-11-6-7(12)10-8(11)13/h4-6H2,1-3H3,(H,10,12,13). The van der Waals surface area contributed by atoms with Crippen LogP contribution in [-0.2, 0) is 9.53 Å². The highest BCUT2D eigenvalue weighted by atomic mass is 16.5. The number of nitrogens with zero attached hydrogens (tertiary/aromatic N) is 1. The number of nitrogens with one attached hydrogen (secondary N) is 1. The Kier molecular flexibility index (Phi) is 3.10. The molecule has 1 aliphatic heterocycles. The molecule has 0 aromatic heterocycles. The van der Waals surface area contributed by atoms with Gasteiger partial charge in [-0.25, -0.2) is 4.79 Å². The van der Waals surface area contributed by atoms with Crippen molar-refractivity contribution in [3.63, 3.8) is 0 Å². The molecule has 0 bridgehead atoms. The number of carbonyl (C=O) groups is 2. The Bertz CT molecular complexity index is 250. The van der Waals surface area contributed by atoms with E-state index in [4.69, 9.17) is 4.74 Å². The molecule has 1 rings (SSSR count). The first-order chi connectivity index (χ1) is 6.44. The number of hydrogen-bond acceptors (Lipinski definition) is 3. The third-order valence-electron chi connectivity index (χ3n) is 2.40. The fourth-order valence-corrected chi connectivity index (χ4v) is 1.17. The Morgan fingerprint density at radius 3 is 2.57 bits per heavy atom. The summed E-state index contributed by atoms with van der Waals surface area (Å²) in [7, 11) is 1.63. The van der Waals surface area contributed by atoms with E-state index in [0.717, 1.165) is 0 Å². The van der Waals surface area contributed by atoms with E-state index >= 15 is 0 Å². The zero-order chi connectivity index (χ0) is 10.8. The van der Waals surface area contributed by atoms with Crippen LogP contribution in [0.25, 0.3) is 0 Å². The van der Waals surface area contributed by atoms with Crippen LogP contribution in [0.4, 0.5) is 4.79 Å². The van der Waals surface area contributed by atoms with Crippen molar-refractivity contribution in [3.8, 4) is 0 Å². The van der Waals surface area contributed by atoms with Gasteiger partial charge in [0.05, 0.1) is 5.60 Å². The van der Waals surface area contributed by atoms with Gasteiger partial charge >= 0.3 is 6.03 Å². The fraction of sp³-hybridized carbons (Fsp3) is 0.778. The summed E-state index contributed by atoms with van der Waals surface area (Å²) in [4.78, 5) is 23.5. The van der Waals surface area contributed by atoms with E-state index in [-0.39, 0.29) is 24.1 Å². The molecule has 3 amide bonds. The van der Waals surface area contributed by atoms with Crippen LogP contribution in [-0.4, -0.2) is 42.6 Å². The van der Waals surface area contributed by atoms with Crippen LogP contribution in [0.5, 0.6) is 0 Å². The Morgan fingerprint density at radius 2 is 2.14 bits per heavy atom. The monoisotopic (exact) mass is 200 g/mol. The number of amides is 3. The second-order valence-corrected chi connectivity index (χ2v) is 3.99. The van der Waals surface area contributed by atoms with E-state index in [1.54, 1.807) is 7.11 Å². The van der Waals surface area contributed by atoms with Crippen LogP contribution in [0.3, 0.4) is 0 Å². The van der Waals surface area contributed by atoms with Gasteiger partial charge < -0.3 is 9.64 Å². The largest absolute Gasteiger partial charge is 0.379 e. The maximum Gasteiger partial charge on any atom is 0.324 e. The van der Waals surface area contributed by atoms with Crippen LogP contribution >= 0.6 is 0 Å².